The van der Waals surface area contributed by atoms with Crippen molar-refractivity contribution >= 4 is 0 Å². The van der Waals surface area contributed by atoms with E-state index in [2.05, 4.69) is 63.3 Å². The van der Waals surface area contributed by atoms with Crippen molar-refractivity contribution < 1.29 is 0 Å². The summed E-state index contributed by atoms with van der Waals surface area (Å²) in [7, 11) is 0. The van der Waals surface area contributed by atoms with Crippen LogP contribution in [0.15, 0.2) is 30.3 Å². The van der Waals surface area contributed by atoms with Crippen molar-refractivity contribution in [3.63, 3.8) is 0 Å². The first-order valence-corrected chi connectivity index (χ1v) is 6.79. The van der Waals surface area contributed by atoms with Crippen LogP contribution in [0.25, 0.3) is 0 Å². The van der Waals surface area contributed by atoms with Crippen molar-refractivity contribution in [2.24, 2.45) is 5.41 Å². The van der Waals surface area contributed by atoms with Crippen LogP contribution in [-0.4, -0.2) is 12.6 Å². The van der Waals surface area contributed by atoms with Gasteiger partial charge in [-0.25, -0.2) is 0 Å². The Morgan fingerprint density at radius 3 is 2.18 bits per heavy atom. The molecular weight excluding hydrogens is 206 g/mol. The van der Waals surface area contributed by atoms with Crippen LogP contribution in [-0.2, 0) is 5.41 Å². The number of nitrogens with one attached hydrogen (secondary N) is 1. The first-order valence-electron chi connectivity index (χ1n) is 6.79. The number of hydrogen-bond acceptors (Lipinski definition) is 1. The Balaban J connectivity index is 2.30. The molecule has 17 heavy (non-hydrogen) atoms. The van der Waals surface area contributed by atoms with Crippen LogP contribution < -0.4 is 5.32 Å². The second kappa shape index (κ2) is 4.45. The summed E-state index contributed by atoms with van der Waals surface area (Å²) in [5.41, 5.74) is 2.21. The molecule has 1 aromatic carbocycles. The van der Waals surface area contributed by atoms with Gasteiger partial charge in [0.25, 0.3) is 0 Å². The highest BCUT2D eigenvalue weighted by Crippen LogP contribution is 2.54. The third kappa shape index (κ3) is 2.40. The lowest BCUT2D eigenvalue weighted by molar-refractivity contribution is 0.222. The van der Waals surface area contributed by atoms with E-state index in [0.29, 0.717) is 16.9 Å². The Hall–Kier alpha value is -0.820. The molecule has 1 nitrogen and oxygen atoms in total. The second-order valence-corrected chi connectivity index (χ2v) is 6.38. The molecular formula is C16H25N. The third-order valence-electron chi connectivity index (χ3n) is 3.96. The van der Waals surface area contributed by atoms with Crippen molar-refractivity contribution in [3.05, 3.63) is 35.9 Å². The van der Waals surface area contributed by atoms with Gasteiger partial charge in [0.15, 0.2) is 0 Å². The van der Waals surface area contributed by atoms with Crippen LogP contribution in [0.2, 0.25) is 0 Å². The molecule has 1 saturated carbocycles. The van der Waals surface area contributed by atoms with Gasteiger partial charge in [0.05, 0.1) is 0 Å². The zero-order valence-corrected chi connectivity index (χ0v) is 11.6. The number of likely N-dealkylation sites (N-methyl/N-ethyl adjacent to an activating group) is 1. The molecule has 1 N–H and O–H groups in total. The molecule has 1 heteroatoms. The minimum atomic E-state index is 0.308. The normalized spacial score (nSPS) is 20.0. The van der Waals surface area contributed by atoms with Gasteiger partial charge < -0.3 is 5.32 Å². The lowest BCUT2D eigenvalue weighted by Crippen LogP contribution is -2.49. The van der Waals surface area contributed by atoms with Gasteiger partial charge in [-0.2, -0.15) is 0 Å². The Labute approximate surface area is 106 Å². The molecule has 1 atom stereocenters. The molecule has 0 bridgehead atoms. The fraction of sp³-hybridized carbons (Fsp3) is 0.625. The van der Waals surface area contributed by atoms with Gasteiger partial charge in [0.1, 0.15) is 0 Å². The second-order valence-electron chi connectivity index (χ2n) is 6.38. The van der Waals surface area contributed by atoms with E-state index in [0.717, 1.165) is 6.54 Å². The summed E-state index contributed by atoms with van der Waals surface area (Å²) in [5, 5.41) is 3.72. The summed E-state index contributed by atoms with van der Waals surface area (Å²) in [5.74, 6) is 0. The Morgan fingerprint density at radius 2 is 1.76 bits per heavy atom. The smallest absolute Gasteiger partial charge is 0.0212 e. The van der Waals surface area contributed by atoms with Crippen molar-refractivity contribution in [2.75, 3.05) is 6.54 Å². The van der Waals surface area contributed by atoms with E-state index in [1.807, 2.05) is 0 Å². The van der Waals surface area contributed by atoms with E-state index in [4.69, 9.17) is 0 Å². The number of hydrogen-bond donors (Lipinski definition) is 1. The predicted molar refractivity (Wildman–Crippen MR) is 74.3 cm³/mol. The van der Waals surface area contributed by atoms with Gasteiger partial charge in [-0.15, -0.1) is 0 Å². The molecule has 0 amide bonds. The molecule has 1 aromatic rings. The number of benzene rings is 1. The lowest BCUT2D eigenvalue weighted by Gasteiger charge is -2.38. The average Bonchev–Trinajstić information content (AvgIpc) is 3.07. The molecule has 0 saturated heterocycles. The maximum Gasteiger partial charge on any atom is 0.0212 e. The van der Waals surface area contributed by atoms with E-state index in [-0.39, 0.29) is 0 Å². The maximum atomic E-state index is 3.72. The molecule has 1 aliphatic rings. The molecule has 0 aromatic heterocycles. The molecule has 0 spiro atoms. The third-order valence-corrected chi connectivity index (χ3v) is 3.96. The standard InChI is InChI=1S/C16H25N/c1-5-17-14(15(2,3)4)16(11-12-16)13-9-7-6-8-10-13/h6-10,14,17H,5,11-12H2,1-4H3. The maximum absolute atomic E-state index is 3.72. The summed E-state index contributed by atoms with van der Waals surface area (Å²) in [6.45, 7) is 10.3. The van der Waals surface area contributed by atoms with Crippen LogP contribution in [0.1, 0.15) is 46.1 Å². The topological polar surface area (TPSA) is 12.0 Å². The summed E-state index contributed by atoms with van der Waals surface area (Å²) in [6, 6.07) is 11.6. The van der Waals surface area contributed by atoms with Crippen molar-refractivity contribution in [1.82, 2.24) is 5.32 Å². The number of rotatable bonds is 4. The summed E-state index contributed by atoms with van der Waals surface area (Å²) in [6.07, 6.45) is 2.65. The van der Waals surface area contributed by atoms with Gasteiger partial charge in [0, 0.05) is 11.5 Å². The fourth-order valence-electron chi connectivity index (χ4n) is 3.18. The highest BCUT2D eigenvalue weighted by Gasteiger charge is 2.53. The monoisotopic (exact) mass is 231 g/mol. The molecule has 2 rings (SSSR count). The Bertz CT molecular complexity index is 357. The van der Waals surface area contributed by atoms with E-state index in [9.17, 15) is 0 Å². The highest BCUT2D eigenvalue weighted by molar-refractivity contribution is 5.34. The Kier molecular flexibility index (Phi) is 3.31. The molecule has 0 radical (unpaired) electrons. The van der Waals surface area contributed by atoms with Crippen LogP contribution in [0.4, 0.5) is 0 Å². The van der Waals surface area contributed by atoms with Crippen LogP contribution >= 0.6 is 0 Å². The fourth-order valence-corrected chi connectivity index (χ4v) is 3.18. The van der Waals surface area contributed by atoms with E-state index >= 15 is 0 Å². The molecule has 0 aliphatic heterocycles. The van der Waals surface area contributed by atoms with Gasteiger partial charge in [-0.1, -0.05) is 58.0 Å². The van der Waals surface area contributed by atoms with Gasteiger partial charge in [-0.05, 0) is 30.4 Å². The van der Waals surface area contributed by atoms with E-state index < -0.39 is 0 Å². The van der Waals surface area contributed by atoms with Crippen molar-refractivity contribution in [2.45, 2.75) is 52.0 Å². The average molecular weight is 231 g/mol. The lowest BCUT2D eigenvalue weighted by atomic mass is 9.73. The minimum Gasteiger partial charge on any atom is -0.313 e. The quantitative estimate of drug-likeness (QED) is 0.832. The SMILES string of the molecule is CCNC(C(C)(C)C)C1(c2ccccc2)CC1. The summed E-state index contributed by atoms with van der Waals surface area (Å²) < 4.78 is 0. The Morgan fingerprint density at radius 1 is 1.18 bits per heavy atom. The van der Waals surface area contributed by atoms with E-state index in [1.54, 1.807) is 0 Å². The molecule has 94 valence electrons. The molecule has 0 heterocycles. The highest BCUT2D eigenvalue weighted by atomic mass is 15.0. The van der Waals surface area contributed by atoms with E-state index in [1.165, 1.54) is 18.4 Å². The molecule has 1 unspecified atom stereocenters. The largest absolute Gasteiger partial charge is 0.313 e. The summed E-state index contributed by atoms with van der Waals surface area (Å²) >= 11 is 0. The zero-order chi connectivity index (χ0) is 12.5. The van der Waals surface area contributed by atoms with Crippen LogP contribution in [0.3, 0.4) is 0 Å². The summed E-state index contributed by atoms with van der Waals surface area (Å²) in [4.78, 5) is 0. The molecule has 1 aliphatic carbocycles. The van der Waals surface area contributed by atoms with Gasteiger partial charge in [-0.3, -0.25) is 0 Å². The van der Waals surface area contributed by atoms with Gasteiger partial charge in [0.2, 0.25) is 0 Å². The first-order chi connectivity index (χ1) is 8.00. The zero-order valence-electron chi connectivity index (χ0n) is 11.6. The predicted octanol–water partition coefficient (Wildman–Crippen LogP) is 3.74. The van der Waals surface area contributed by atoms with Gasteiger partial charge >= 0.3 is 0 Å². The van der Waals surface area contributed by atoms with Crippen LogP contribution in [0, 0.1) is 5.41 Å². The van der Waals surface area contributed by atoms with Crippen molar-refractivity contribution in [3.8, 4) is 0 Å². The minimum absolute atomic E-state index is 0.308. The molecule has 1 fully saturated rings. The first kappa shape index (κ1) is 12.6. The van der Waals surface area contributed by atoms with Crippen molar-refractivity contribution in [1.29, 1.82) is 0 Å². The van der Waals surface area contributed by atoms with Crippen LogP contribution in [0.5, 0.6) is 0 Å².